The van der Waals surface area contributed by atoms with E-state index in [-0.39, 0.29) is 11.3 Å². The van der Waals surface area contributed by atoms with Crippen molar-refractivity contribution in [2.75, 3.05) is 0 Å². The zero-order chi connectivity index (χ0) is 19.0. The van der Waals surface area contributed by atoms with Crippen molar-refractivity contribution in [2.45, 2.75) is 87.0 Å². The summed E-state index contributed by atoms with van der Waals surface area (Å²) in [5, 5.41) is 0. The van der Waals surface area contributed by atoms with Crippen molar-refractivity contribution in [2.24, 2.45) is 23.2 Å². The summed E-state index contributed by atoms with van der Waals surface area (Å²) < 4.78 is 0. The number of aryl methyl sites for hydroxylation is 1. The Morgan fingerprint density at radius 2 is 1.80 bits per heavy atom. The lowest BCUT2D eigenvalue weighted by molar-refractivity contribution is -0.126. The van der Waals surface area contributed by atoms with Crippen LogP contribution in [-0.2, 0) is 11.2 Å². The molecule has 0 aliphatic heterocycles. The molecule has 1 nitrogen and oxygen atoms in total. The summed E-state index contributed by atoms with van der Waals surface area (Å²) in [7, 11) is 0. The Morgan fingerprint density at radius 1 is 1.12 bits per heavy atom. The highest BCUT2D eigenvalue weighted by Gasteiger charge is 2.30. The van der Waals surface area contributed by atoms with Crippen LogP contribution in [-0.4, -0.2) is 5.78 Å². The third-order valence-electron chi connectivity index (χ3n) is 5.89. The number of Topliss-reactive ketones (excluding diaryl/α,β-unsaturated/α-hetero) is 1. The molecule has 142 valence electrons. The number of carbonyl (C=O) groups is 1. The van der Waals surface area contributed by atoms with E-state index >= 15 is 0 Å². The van der Waals surface area contributed by atoms with Crippen LogP contribution in [0.15, 0.2) is 24.3 Å². The van der Waals surface area contributed by atoms with E-state index in [9.17, 15) is 4.79 Å². The first-order chi connectivity index (χ1) is 11.6. The monoisotopic (exact) mass is 344 g/mol. The van der Waals surface area contributed by atoms with Gasteiger partial charge in [-0.1, -0.05) is 97.1 Å². The van der Waals surface area contributed by atoms with Crippen molar-refractivity contribution in [1.82, 2.24) is 0 Å². The smallest absolute Gasteiger partial charge is 0.136 e. The molecule has 0 saturated heterocycles. The number of rotatable bonds is 10. The molecular formula is C24H40O. The zero-order valence-corrected chi connectivity index (χ0v) is 17.7. The van der Waals surface area contributed by atoms with Gasteiger partial charge in [0.15, 0.2) is 0 Å². The van der Waals surface area contributed by atoms with Crippen LogP contribution in [0.2, 0.25) is 0 Å². The van der Waals surface area contributed by atoms with E-state index < -0.39 is 0 Å². The molecule has 0 aliphatic carbocycles. The molecule has 0 amide bonds. The molecule has 0 aliphatic rings. The summed E-state index contributed by atoms with van der Waals surface area (Å²) in [5.74, 6) is 1.61. The Morgan fingerprint density at radius 3 is 2.36 bits per heavy atom. The maximum atomic E-state index is 12.9. The number of hydrogen-bond donors (Lipinski definition) is 0. The lowest BCUT2D eigenvalue weighted by Crippen LogP contribution is -2.29. The standard InChI is InChI=1S/C24H40O/c1-8-9-10-13-19(3)22(16-21-14-11-12-18(2)15-21)17-23(25)20(4)24(5,6)7/h11-12,14-15,19-20,22H,8-10,13,16-17H2,1-7H3. The van der Waals surface area contributed by atoms with E-state index in [0.717, 1.165) is 12.8 Å². The van der Waals surface area contributed by atoms with E-state index in [2.05, 4.69) is 72.7 Å². The highest BCUT2D eigenvalue weighted by atomic mass is 16.1. The van der Waals surface area contributed by atoms with Gasteiger partial charge in [-0.2, -0.15) is 0 Å². The van der Waals surface area contributed by atoms with Crippen LogP contribution in [0.5, 0.6) is 0 Å². The number of hydrogen-bond acceptors (Lipinski definition) is 1. The van der Waals surface area contributed by atoms with Gasteiger partial charge in [-0.25, -0.2) is 0 Å². The van der Waals surface area contributed by atoms with Crippen LogP contribution >= 0.6 is 0 Å². The number of ketones is 1. The number of carbonyl (C=O) groups excluding carboxylic acids is 1. The fraction of sp³-hybridized carbons (Fsp3) is 0.708. The first-order valence-corrected chi connectivity index (χ1v) is 10.2. The Balaban J connectivity index is 2.84. The minimum Gasteiger partial charge on any atom is -0.299 e. The van der Waals surface area contributed by atoms with E-state index in [1.165, 1.54) is 36.8 Å². The molecular weight excluding hydrogens is 304 g/mol. The number of unbranched alkanes of at least 4 members (excludes halogenated alkanes) is 2. The summed E-state index contributed by atoms with van der Waals surface area (Å²) in [6.45, 7) is 15.4. The van der Waals surface area contributed by atoms with E-state index in [0.29, 0.717) is 17.6 Å². The Bertz CT molecular complexity index is 523. The molecule has 0 bridgehead atoms. The molecule has 1 rings (SSSR count). The van der Waals surface area contributed by atoms with Gasteiger partial charge in [-0.3, -0.25) is 4.79 Å². The quantitative estimate of drug-likeness (QED) is 0.417. The molecule has 1 heteroatoms. The highest BCUT2D eigenvalue weighted by molar-refractivity contribution is 5.81. The minimum absolute atomic E-state index is 0.0520. The van der Waals surface area contributed by atoms with E-state index in [1.54, 1.807) is 0 Å². The van der Waals surface area contributed by atoms with E-state index in [4.69, 9.17) is 0 Å². The zero-order valence-electron chi connectivity index (χ0n) is 17.7. The third kappa shape index (κ3) is 7.75. The maximum absolute atomic E-state index is 12.9. The predicted octanol–water partition coefficient (Wildman–Crippen LogP) is 7.01. The van der Waals surface area contributed by atoms with Crippen LogP contribution in [0.25, 0.3) is 0 Å². The van der Waals surface area contributed by atoms with Crippen LogP contribution in [0.4, 0.5) is 0 Å². The topological polar surface area (TPSA) is 17.1 Å². The van der Waals surface area contributed by atoms with Gasteiger partial charge in [0.2, 0.25) is 0 Å². The average molecular weight is 345 g/mol. The molecule has 0 saturated carbocycles. The van der Waals surface area contributed by atoms with Crippen molar-refractivity contribution >= 4 is 5.78 Å². The van der Waals surface area contributed by atoms with Gasteiger partial charge in [0.1, 0.15) is 5.78 Å². The van der Waals surface area contributed by atoms with Crippen LogP contribution in [0, 0.1) is 30.1 Å². The Labute approximate surface area is 156 Å². The normalized spacial score (nSPS) is 15.6. The van der Waals surface area contributed by atoms with E-state index in [1.807, 2.05) is 0 Å². The fourth-order valence-corrected chi connectivity index (χ4v) is 3.49. The molecule has 0 aromatic heterocycles. The van der Waals surface area contributed by atoms with Crippen molar-refractivity contribution < 1.29 is 4.79 Å². The van der Waals surface area contributed by atoms with Crippen LogP contribution in [0.3, 0.4) is 0 Å². The molecule has 3 unspecified atom stereocenters. The summed E-state index contributed by atoms with van der Waals surface area (Å²) in [4.78, 5) is 12.9. The van der Waals surface area contributed by atoms with Crippen molar-refractivity contribution in [3.63, 3.8) is 0 Å². The second kappa shape index (κ2) is 10.1. The Hall–Kier alpha value is -1.11. The van der Waals surface area contributed by atoms with Gasteiger partial charge in [0, 0.05) is 12.3 Å². The minimum atomic E-state index is 0.0520. The maximum Gasteiger partial charge on any atom is 0.136 e. The van der Waals surface area contributed by atoms with Gasteiger partial charge >= 0.3 is 0 Å². The molecule has 0 spiro atoms. The Kier molecular flexibility index (Phi) is 8.89. The van der Waals surface area contributed by atoms with Gasteiger partial charge in [0.05, 0.1) is 0 Å². The summed E-state index contributed by atoms with van der Waals surface area (Å²) in [6, 6.07) is 8.79. The first-order valence-electron chi connectivity index (χ1n) is 10.2. The second-order valence-electron chi connectivity index (χ2n) is 9.18. The molecule has 0 N–H and O–H groups in total. The van der Waals surface area contributed by atoms with Gasteiger partial charge in [0.25, 0.3) is 0 Å². The van der Waals surface area contributed by atoms with Gasteiger partial charge in [-0.15, -0.1) is 0 Å². The molecule has 1 aromatic rings. The average Bonchev–Trinajstić information content (AvgIpc) is 2.52. The fourth-order valence-electron chi connectivity index (χ4n) is 3.49. The second-order valence-corrected chi connectivity index (χ2v) is 9.18. The van der Waals surface area contributed by atoms with Crippen molar-refractivity contribution in [3.05, 3.63) is 35.4 Å². The first kappa shape index (κ1) is 21.9. The SMILES string of the molecule is CCCCCC(C)C(CC(=O)C(C)C(C)(C)C)Cc1cccc(C)c1. The molecule has 0 radical (unpaired) electrons. The summed E-state index contributed by atoms with van der Waals surface area (Å²) in [5.41, 5.74) is 2.74. The molecule has 25 heavy (non-hydrogen) atoms. The summed E-state index contributed by atoms with van der Waals surface area (Å²) >= 11 is 0. The predicted molar refractivity (Wildman–Crippen MR) is 110 cm³/mol. The van der Waals surface area contributed by atoms with Crippen LogP contribution < -0.4 is 0 Å². The molecule has 3 atom stereocenters. The van der Waals surface area contributed by atoms with Gasteiger partial charge in [-0.05, 0) is 36.2 Å². The number of benzene rings is 1. The third-order valence-corrected chi connectivity index (χ3v) is 5.89. The van der Waals surface area contributed by atoms with Crippen molar-refractivity contribution in [3.8, 4) is 0 Å². The molecule has 1 aromatic carbocycles. The lowest BCUT2D eigenvalue weighted by Gasteiger charge is -2.30. The largest absolute Gasteiger partial charge is 0.299 e. The molecule has 0 fully saturated rings. The van der Waals surface area contributed by atoms with Crippen molar-refractivity contribution in [1.29, 1.82) is 0 Å². The molecule has 0 heterocycles. The summed E-state index contributed by atoms with van der Waals surface area (Å²) in [6.07, 6.45) is 6.83. The lowest BCUT2D eigenvalue weighted by atomic mass is 9.74. The highest BCUT2D eigenvalue weighted by Crippen LogP contribution is 2.32. The van der Waals surface area contributed by atoms with Crippen LogP contribution in [0.1, 0.15) is 84.8 Å². The van der Waals surface area contributed by atoms with Gasteiger partial charge < -0.3 is 0 Å².